The monoisotopic (exact) mass is 196 g/mol. The molecule has 14 heavy (non-hydrogen) atoms. The highest BCUT2D eigenvalue weighted by Crippen LogP contribution is 2.08. The number of hydrogen-bond donors (Lipinski definition) is 2. The Morgan fingerprint density at radius 1 is 1.43 bits per heavy atom. The zero-order valence-corrected chi connectivity index (χ0v) is 7.91. The van der Waals surface area contributed by atoms with Crippen LogP contribution in [-0.2, 0) is 0 Å². The standard InChI is InChI=1S/C9H10BFO3/c1-5-8(10(13)14)3-7(6(2)12)4-9(5)11/h3-4,13-14H,1-2H3. The van der Waals surface area contributed by atoms with Crippen molar-refractivity contribution in [3.05, 3.63) is 29.1 Å². The molecule has 0 bridgehead atoms. The summed E-state index contributed by atoms with van der Waals surface area (Å²) in [5, 5.41) is 17.8. The average Bonchev–Trinajstić information content (AvgIpc) is 2.08. The Balaban J connectivity index is 3.35. The van der Waals surface area contributed by atoms with Crippen molar-refractivity contribution < 1.29 is 19.2 Å². The molecule has 0 fully saturated rings. The molecular weight excluding hydrogens is 186 g/mol. The Hall–Kier alpha value is -1.20. The van der Waals surface area contributed by atoms with Gasteiger partial charge in [-0.2, -0.15) is 0 Å². The van der Waals surface area contributed by atoms with Crippen LogP contribution in [0, 0.1) is 12.7 Å². The van der Waals surface area contributed by atoms with Gasteiger partial charge in [-0.15, -0.1) is 0 Å². The topological polar surface area (TPSA) is 57.5 Å². The molecule has 2 N–H and O–H groups in total. The van der Waals surface area contributed by atoms with Gasteiger partial charge in [-0.25, -0.2) is 4.39 Å². The minimum atomic E-state index is -1.76. The zero-order valence-electron chi connectivity index (χ0n) is 7.91. The van der Waals surface area contributed by atoms with Crippen LogP contribution in [0.3, 0.4) is 0 Å². The summed E-state index contributed by atoms with van der Waals surface area (Å²) in [6.07, 6.45) is 0. The predicted octanol–water partition coefficient (Wildman–Crippen LogP) is 0.0165. The summed E-state index contributed by atoms with van der Waals surface area (Å²) in [7, 11) is -1.76. The number of carbonyl (C=O) groups is 1. The van der Waals surface area contributed by atoms with Gasteiger partial charge in [0.25, 0.3) is 0 Å². The number of rotatable bonds is 2. The molecule has 0 saturated carbocycles. The maximum atomic E-state index is 13.2. The van der Waals surface area contributed by atoms with Gasteiger partial charge in [-0.05, 0) is 30.9 Å². The van der Waals surface area contributed by atoms with Gasteiger partial charge in [0.15, 0.2) is 5.78 Å². The maximum absolute atomic E-state index is 13.2. The van der Waals surface area contributed by atoms with Gasteiger partial charge in [0.1, 0.15) is 5.82 Å². The first-order valence-electron chi connectivity index (χ1n) is 4.10. The molecule has 0 aliphatic rings. The van der Waals surface area contributed by atoms with E-state index in [9.17, 15) is 9.18 Å². The van der Waals surface area contributed by atoms with Gasteiger partial charge in [0, 0.05) is 5.56 Å². The molecule has 0 spiro atoms. The maximum Gasteiger partial charge on any atom is 0.488 e. The number of benzene rings is 1. The Kier molecular flexibility index (Phi) is 3.03. The third-order valence-corrected chi connectivity index (χ3v) is 2.07. The minimum absolute atomic E-state index is 0.0233. The van der Waals surface area contributed by atoms with Crippen LogP contribution in [0.15, 0.2) is 12.1 Å². The van der Waals surface area contributed by atoms with E-state index in [2.05, 4.69) is 0 Å². The van der Waals surface area contributed by atoms with Crippen molar-refractivity contribution in [2.45, 2.75) is 13.8 Å². The van der Waals surface area contributed by atoms with Crippen LogP contribution in [0.1, 0.15) is 22.8 Å². The molecule has 0 amide bonds. The smallest absolute Gasteiger partial charge is 0.423 e. The van der Waals surface area contributed by atoms with Gasteiger partial charge in [-0.3, -0.25) is 4.79 Å². The summed E-state index contributed by atoms with van der Waals surface area (Å²) in [4.78, 5) is 11.0. The van der Waals surface area contributed by atoms with Gasteiger partial charge >= 0.3 is 7.12 Å². The van der Waals surface area contributed by atoms with E-state index in [0.717, 1.165) is 6.07 Å². The fraction of sp³-hybridized carbons (Fsp3) is 0.222. The first-order valence-corrected chi connectivity index (χ1v) is 4.10. The number of halogens is 1. The SMILES string of the molecule is CC(=O)c1cc(F)c(C)c(B(O)O)c1. The van der Waals surface area contributed by atoms with E-state index in [0.29, 0.717) is 0 Å². The van der Waals surface area contributed by atoms with E-state index in [1.54, 1.807) is 0 Å². The molecule has 74 valence electrons. The van der Waals surface area contributed by atoms with Crippen molar-refractivity contribution in [1.82, 2.24) is 0 Å². The van der Waals surface area contributed by atoms with Gasteiger partial charge in [0.05, 0.1) is 0 Å². The number of hydrogen-bond acceptors (Lipinski definition) is 3. The van der Waals surface area contributed by atoms with Crippen LogP contribution >= 0.6 is 0 Å². The fourth-order valence-electron chi connectivity index (χ4n) is 1.17. The molecule has 0 radical (unpaired) electrons. The molecule has 3 nitrogen and oxygen atoms in total. The molecule has 5 heteroatoms. The molecule has 0 atom stereocenters. The molecule has 1 aromatic rings. The third kappa shape index (κ3) is 2.00. The molecule has 0 aliphatic carbocycles. The predicted molar refractivity (Wildman–Crippen MR) is 51.0 cm³/mol. The van der Waals surface area contributed by atoms with E-state index in [1.807, 2.05) is 0 Å². The number of carbonyl (C=O) groups excluding carboxylic acids is 1. The van der Waals surface area contributed by atoms with E-state index in [4.69, 9.17) is 10.0 Å². The Morgan fingerprint density at radius 2 is 2.00 bits per heavy atom. The number of Topliss-reactive ketones (excluding diaryl/α,β-unsaturated/α-hetero) is 1. The second kappa shape index (κ2) is 3.90. The summed E-state index contributed by atoms with van der Waals surface area (Å²) in [5.74, 6) is -0.924. The molecule has 0 unspecified atom stereocenters. The highest BCUT2D eigenvalue weighted by Gasteiger charge is 2.18. The van der Waals surface area contributed by atoms with E-state index in [-0.39, 0.29) is 22.4 Å². The molecular formula is C9H10BFO3. The third-order valence-electron chi connectivity index (χ3n) is 2.07. The lowest BCUT2D eigenvalue weighted by Gasteiger charge is -2.07. The highest BCUT2D eigenvalue weighted by molar-refractivity contribution is 6.59. The minimum Gasteiger partial charge on any atom is -0.423 e. The second-order valence-electron chi connectivity index (χ2n) is 3.10. The van der Waals surface area contributed by atoms with Gasteiger partial charge in [-0.1, -0.05) is 6.07 Å². The lowest BCUT2D eigenvalue weighted by molar-refractivity contribution is 0.101. The molecule has 0 aromatic heterocycles. The normalized spacial score (nSPS) is 10.1. The van der Waals surface area contributed by atoms with E-state index in [1.165, 1.54) is 19.9 Å². The molecule has 0 heterocycles. The van der Waals surface area contributed by atoms with Crippen LogP contribution in [0.25, 0.3) is 0 Å². The zero-order chi connectivity index (χ0) is 10.9. The first-order chi connectivity index (χ1) is 6.43. The molecule has 0 saturated heterocycles. The lowest BCUT2D eigenvalue weighted by Crippen LogP contribution is -2.33. The largest absolute Gasteiger partial charge is 0.488 e. The quantitative estimate of drug-likeness (QED) is 0.517. The van der Waals surface area contributed by atoms with Crippen LogP contribution in [-0.4, -0.2) is 22.9 Å². The van der Waals surface area contributed by atoms with Gasteiger partial charge < -0.3 is 10.0 Å². The second-order valence-corrected chi connectivity index (χ2v) is 3.10. The summed E-state index contributed by atoms with van der Waals surface area (Å²) >= 11 is 0. The van der Waals surface area contributed by atoms with E-state index < -0.39 is 12.9 Å². The Bertz CT molecular complexity index is 377. The fourth-order valence-corrected chi connectivity index (χ4v) is 1.17. The van der Waals surface area contributed by atoms with Crippen molar-refractivity contribution >= 4 is 18.4 Å². The van der Waals surface area contributed by atoms with Crippen LogP contribution in [0.2, 0.25) is 0 Å². The molecule has 0 aliphatic heterocycles. The first kappa shape index (κ1) is 10.9. The van der Waals surface area contributed by atoms with Crippen molar-refractivity contribution in [3.8, 4) is 0 Å². The van der Waals surface area contributed by atoms with Crippen LogP contribution in [0.5, 0.6) is 0 Å². The molecule has 1 aromatic carbocycles. The number of ketones is 1. The van der Waals surface area contributed by atoms with Crippen molar-refractivity contribution in [2.75, 3.05) is 0 Å². The Labute approximate surface area is 81.3 Å². The Morgan fingerprint density at radius 3 is 2.43 bits per heavy atom. The van der Waals surface area contributed by atoms with Crippen molar-refractivity contribution in [1.29, 1.82) is 0 Å². The molecule has 1 rings (SSSR count). The average molecular weight is 196 g/mol. The lowest BCUT2D eigenvalue weighted by atomic mass is 9.76. The van der Waals surface area contributed by atoms with Crippen LogP contribution in [0.4, 0.5) is 4.39 Å². The highest BCUT2D eigenvalue weighted by atomic mass is 19.1. The van der Waals surface area contributed by atoms with E-state index >= 15 is 0 Å². The van der Waals surface area contributed by atoms with Crippen molar-refractivity contribution in [3.63, 3.8) is 0 Å². The summed E-state index contributed by atoms with van der Waals surface area (Å²) in [6, 6.07) is 2.37. The van der Waals surface area contributed by atoms with Crippen LogP contribution < -0.4 is 5.46 Å². The summed E-state index contributed by atoms with van der Waals surface area (Å²) in [5.41, 5.74) is 0.302. The summed E-state index contributed by atoms with van der Waals surface area (Å²) < 4.78 is 13.2. The van der Waals surface area contributed by atoms with Gasteiger partial charge in [0.2, 0.25) is 0 Å². The summed E-state index contributed by atoms with van der Waals surface area (Å²) in [6.45, 7) is 2.71. The van der Waals surface area contributed by atoms with Crippen molar-refractivity contribution in [2.24, 2.45) is 0 Å².